The van der Waals surface area contributed by atoms with E-state index in [1.54, 1.807) is 23.1 Å². The molecule has 0 atom stereocenters. The third-order valence-electron chi connectivity index (χ3n) is 3.39. The van der Waals surface area contributed by atoms with Gasteiger partial charge in [-0.2, -0.15) is 0 Å². The second-order valence-corrected chi connectivity index (χ2v) is 4.72. The zero-order valence-electron chi connectivity index (χ0n) is 11.4. The van der Waals surface area contributed by atoms with Crippen LogP contribution in [0.25, 0.3) is 0 Å². The Balaban J connectivity index is 1.62. The number of nitrogens with zero attached hydrogens (tertiary/aromatic N) is 2. The number of hydrogen-bond donors (Lipinski definition) is 0. The zero-order chi connectivity index (χ0) is 14.7. The molecule has 0 saturated heterocycles. The van der Waals surface area contributed by atoms with Gasteiger partial charge in [0.1, 0.15) is 5.69 Å². The lowest BCUT2D eigenvalue weighted by molar-refractivity contribution is -0.121. The van der Waals surface area contributed by atoms with Crippen LogP contribution in [-0.2, 0) is 16.0 Å². The van der Waals surface area contributed by atoms with E-state index in [9.17, 15) is 9.59 Å². The third kappa shape index (κ3) is 2.76. The molecule has 0 aliphatic carbocycles. The minimum absolute atomic E-state index is 0.201. The highest BCUT2D eigenvalue weighted by atomic mass is 16.5. The number of aromatic nitrogens is 1. The van der Waals surface area contributed by atoms with E-state index in [0.717, 1.165) is 17.7 Å². The van der Waals surface area contributed by atoms with Crippen LogP contribution in [0.3, 0.4) is 0 Å². The minimum atomic E-state index is -0.587. The Bertz CT molecular complexity index is 670. The molecule has 5 heteroatoms. The van der Waals surface area contributed by atoms with Crippen molar-refractivity contribution in [3.8, 4) is 0 Å². The summed E-state index contributed by atoms with van der Waals surface area (Å²) >= 11 is 0. The molecule has 0 radical (unpaired) electrons. The number of pyridine rings is 1. The van der Waals surface area contributed by atoms with Gasteiger partial charge < -0.3 is 9.64 Å². The molecular formula is C16H14N2O3. The number of para-hydroxylation sites is 1. The van der Waals surface area contributed by atoms with Crippen LogP contribution in [0.15, 0.2) is 48.7 Å². The molecule has 1 aromatic carbocycles. The Morgan fingerprint density at radius 3 is 2.76 bits per heavy atom. The summed E-state index contributed by atoms with van der Waals surface area (Å²) in [5.74, 6) is -0.805. The monoisotopic (exact) mass is 282 g/mol. The van der Waals surface area contributed by atoms with Crippen molar-refractivity contribution in [1.82, 2.24) is 4.98 Å². The van der Waals surface area contributed by atoms with E-state index >= 15 is 0 Å². The van der Waals surface area contributed by atoms with Gasteiger partial charge in [0.2, 0.25) is 0 Å². The van der Waals surface area contributed by atoms with Crippen molar-refractivity contribution < 1.29 is 14.3 Å². The van der Waals surface area contributed by atoms with E-state index in [0.29, 0.717) is 6.54 Å². The van der Waals surface area contributed by atoms with Gasteiger partial charge in [-0.05, 0) is 30.2 Å². The van der Waals surface area contributed by atoms with Crippen molar-refractivity contribution in [2.24, 2.45) is 0 Å². The Hall–Kier alpha value is -2.69. The van der Waals surface area contributed by atoms with Gasteiger partial charge in [0, 0.05) is 18.4 Å². The van der Waals surface area contributed by atoms with Crippen molar-refractivity contribution >= 4 is 17.6 Å². The van der Waals surface area contributed by atoms with Gasteiger partial charge in [0.15, 0.2) is 6.61 Å². The number of anilines is 1. The Morgan fingerprint density at radius 2 is 1.95 bits per heavy atom. The quantitative estimate of drug-likeness (QED) is 0.806. The minimum Gasteiger partial charge on any atom is -0.451 e. The van der Waals surface area contributed by atoms with E-state index < -0.39 is 5.97 Å². The van der Waals surface area contributed by atoms with Gasteiger partial charge in [-0.3, -0.25) is 4.79 Å². The molecule has 0 unspecified atom stereocenters. The number of hydrogen-bond acceptors (Lipinski definition) is 4. The third-order valence-corrected chi connectivity index (χ3v) is 3.39. The summed E-state index contributed by atoms with van der Waals surface area (Å²) in [5, 5.41) is 0. The summed E-state index contributed by atoms with van der Waals surface area (Å²) in [6.07, 6.45) is 2.34. The van der Waals surface area contributed by atoms with E-state index in [2.05, 4.69) is 4.98 Å². The second-order valence-electron chi connectivity index (χ2n) is 4.72. The van der Waals surface area contributed by atoms with Crippen LogP contribution in [0.5, 0.6) is 0 Å². The SMILES string of the molecule is O=C(OCC(=O)N1CCc2ccccc21)c1ccccn1. The molecule has 1 amide bonds. The van der Waals surface area contributed by atoms with Crippen molar-refractivity contribution in [3.63, 3.8) is 0 Å². The van der Waals surface area contributed by atoms with E-state index in [-0.39, 0.29) is 18.2 Å². The molecule has 0 N–H and O–H groups in total. The van der Waals surface area contributed by atoms with Crippen LogP contribution in [0, 0.1) is 0 Å². The van der Waals surface area contributed by atoms with Crippen LogP contribution in [-0.4, -0.2) is 30.0 Å². The molecule has 1 aliphatic heterocycles. The maximum Gasteiger partial charge on any atom is 0.357 e. The van der Waals surface area contributed by atoms with Gasteiger partial charge in [0.25, 0.3) is 5.91 Å². The standard InChI is InChI=1S/C16H14N2O3/c19-15(11-21-16(20)13-6-3-4-9-17-13)18-10-8-12-5-1-2-7-14(12)18/h1-7,9H,8,10-11H2. The number of esters is 1. The molecular weight excluding hydrogens is 268 g/mol. The van der Waals surface area contributed by atoms with Crippen LogP contribution in [0.4, 0.5) is 5.69 Å². The largest absolute Gasteiger partial charge is 0.451 e. The number of ether oxygens (including phenoxy) is 1. The van der Waals surface area contributed by atoms with Crippen molar-refractivity contribution in [3.05, 3.63) is 59.9 Å². The van der Waals surface area contributed by atoms with E-state index in [1.165, 1.54) is 6.20 Å². The number of benzene rings is 1. The summed E-state index contributed by atoms with van der Waals surface area (Å²) < 4.78 is 5.02. The van der Waals surface area contributed by atoms with Crippen molar-refractivity contribution in [1.29, 1.82) is 0 Å². The van der Waals surface area contributed by atoms with E-state index in [4.69, 9.17) is 4.74 Å². The molecule has 0 fully saturated rings. The van der Waals surface area contributed by atoms with Crippen LogP contribution >= 0.6 is 0 Å². The fourth-order valence-corrected chi connectivity index (χ4v) is 2.36. The molecule has 2 heterocycles. The van der Waals surface area contributed by atoms with Crippen LogP contribution in [0.1, 0.15) is 16.1 Å². The highest BCUT2D eigenvalue weighted by molar-refractivity contribution is 5.98. The van der Waals surface area contributed by atoms with Gasteiger partial charge in [-0.15, -0.1) is 0 Å². The summed E-state index contributed by atoms with van der Waals surface area (Å²) in [7, 11) is 0. The fraction of sp³-hybridized carbons (Fsp3) is 0.188. The van der Waals surface area contributed by atoms with Gasteiger partial charge in [-0.25, -0.2) is 9.78 Å². The normalized spacial score (nSPS) is 12.9. The first-order valence-electron chi connectivity index (χ1n) is 6.72. The zero-order valence-corrected chi connectivity index (χ0v) is 11.4. The Labute approximate surface area is 122 Å². The summed E-state index contributed by atoms with van der Waals surface area (Å²) in [6.45, 7) is 0.350. The van der Waals surface area contributed by atoms with Crippen LogP contribution in [0.2, 0.25) is 0 Å². The lowest BCUT2D eigenvalue weighted by Gasteiger charge is -2.17. The molecule has 1 aromatic heterocycles. The molecule has 0 bridgehead atoms. The van der Waals surface area contributed by atoms with Gasteiger partial charge in [-0.1, -0.05) is 24.3 Å². The number of rotatable bonds is 3. The fourth-order valence-electron chi connectivity index (χ4n) is 2.36. The number of carbonyl (C=O) groups excluding carboxylic acids is 2. The van der Waals surface area contributed by atoms with Crippen molar-refractivity contribution in [2.45, 2.75) is 6.42 Å². The molecule has 2 aromatic rings. The highest BCUT2D eigenvalue weighted by Crippen LogP contribution is 2.27. The second kappa shape index (κ2) is 5.75. The Morgan fingerprint density at radius 1 is 1.14 bits per heavy atom. The van der Waals surface area contributed by atoms with Gasteiger partial charge >= 0.3 is 5.97 Å². The number of amides is 1. The molecule has 0 spiro atoms. The lowest BCUT2D eigenvalue weighted by atomic mass is 10.2. The average Bonchev–Trinajstić information content (AvgIpc) is 2.97. The molecule has 5 nitrogen and oxygen atoms in total. The lowest BCUT2D eigenvalue weighted by Crippen LogP contribution is -2.33. The molecule has 1 aliphatic rings. The molecule has 106 valence electrons. The molecule has 3 rings (SSSR count). The first-order chi connectivity index (χ1) is 10.3. The molecule has 0 saturated carbocycles. The Kier molecular flexibility index (Phi) is 3.64. The molecule has 21 heavy (non-hydrogen) atoms. The van der Waals surface area contributed by atoms with E-state index in [1.807, 2.05) is 24.3 Å². The first kappa shape index (κ1) is 13.3. The predicted molar refractivity (Wildman–Crippen MR) is 77.0 cm³/mol. The maximum atomic E-state index is 12.2. The predicted octanol–water partition coefficient (Wildman–Crippen LogP) is 1.83. The number of fused-ring (bicyclic) bond motifs is 1. The van der Waals surface area contributed by atoms with Gasteiger partial charge in [0.05, 0.1) is 0 Å². The first-order valence-corrected chi connectivity index (χ1v) is 6.72. The summed E-state index contributed by atoms with van der Waals surface area (Å²) in [5.41, 5.74) is 2.24. The van der Waals surface area contributed by atoms with Crippen LogP contribution < -0.4 is 4.90 Å². The summed E-state index contributed by atoms with van der Waals surface area (Å²) in [6, 6.07) is 12.7. The maximum absolute atomic E-state index is 12.2. The van der Waals surface area contributed by atoms with Crippen molar-refractivity contribution in [2.75, 3.05) is 18.1 Å². The highest BCUT2D eigenvalue weighted by Gasteiger charge is 2.25. The topological polar surface area (TPSA) is 59.5 Å². The average molecular weight is 282 g/mol. The number of carbonyl (C=O) groups is 2. The smallest absolute Gasteiger partial charge is 0.357 e. The summed E-state index contributed by atoms with van der Waals surface area (Å²) in [4.78, 5) is 29.5.